The molecule has 0 aliphatic carbocycles. The zero-order valence-electron chi connectivity index (χ0n) is 24.1. The van der Waals surface area contributed by atoms with Crippen LogP contribution >= 0.6 is 0 Å². The average Bonchev–Trinajstić information content (AvgIpc) is 2.98. The molecule has 0 aliphatic heterocycles. The topological polar surface area (TPSA) is 107 Å². The zero-order chi connectivity index (χ0) is 32.0. The number of hydrogen-bond acceptors (Lipinski definition) is 4. The van der Waals surface area contributed by atoms with Crippen molar-refractivity contribution < 1.29 is 27.5 Å². The molecule has 3 N–H and O–H groups in total. The summed E-state index contributed by atoms with van der Waals surface area (Å²) >= 11 is 0. The zero-order valence-corrected chi connectivity index (χ0v) is 24.1. The summed E-state index contributed by atoms with van der Waals surface area (Å²) < 4.78 is 58.4. The van der Waals surface area contributed by atoms with E-state index in [4.69, 9.17) is 10.8 Å². The lowest BCUT2D eigenvalue weighted by atomic mass is 9.99. The molecule has 0 saturated heterocycles. The smallest absolute Gasteiger partial charge is 0.416 e. The van der Waals surface area contributed by atoms with Gasteiger partial charge < -0.3 is 10.8 Å². The fourth-order valence-electron chi connectivity index (χ4n) is 5.29. The van der Waals surface area contributed by atoms with Crippen LogP contribution in [0, 0.1) is 12.7 Å². The minimum absolute atomic E-state index is 0.0729. The van der Waals surface area contributed by atoms with Gasteiger partial charge in [0.25, 0.3) is 5.56 Å². The van der Waals surface area contributed by atoms with Crippen molar-refractivity contribution in [3.05, 3.63) is 127 Å². The van der Waals surface area contributed by atoms with Crippen molar-refractivity contribution in [3.8, 4) is 11.1 Å². The molecule has 1 atom stereocenters. The quantitative estimate of drug-likeness (QED) is 0.149. The second-order valence-corrected chi connectivity index (χ2v) is 10.7. The van der Waals surface area contributed by atoms with Gasteiger partial charge in [0, 0.05) is 23.7 Å². The van der Waals surface area contributed by atoms with Gasteiger partial charge >= 0.3 is 17.8 Å². The van der Waals surface area contributed by atoms with Gasteiger partial charge in [0.1, 0.15) is 5.82 Å². The maximum Gasteiger partial charge on any atom is 0.416 e. The molecular formula is C33H33F4N3O4. The molecule has 11 heteroatoms. The molecule has 0 aliphatic rings. The van der Waals surface area contributed by atoms with Gasteiger partial charge in [-0.05, 0) is 55.0 Å². The molecule has 44 heavy (non-hydrogen) atoms. The highest BCUT2D eigenvalue weighted by Gasteiger charge is 2.35. The second kappa shape index (κ2) is 13.9. The molecule has 7 nitrogen and oxygen atoms in total. The van der Waals surface area contributed by atoms with Crippen LogP contribution in [0.1, 0.15) is 59.7 Å². The molecule has 0 radical (unpaired) electrons. The predicted molar refractivity (Wildman–Crippen MR) is 159 cm³/mol. The van der Waals surface area contributed by atoms with Crippen LogP contribution in [0.5, 0.6) is 0 Å². The number of nitrogens with zero attached hydrogens (tertiary/aromatic N) is 2. The maximum absolute atomic E-state index is 14.9. The van der Waals surface area contributed by atoms with Crippen LogP contribution in [0.3, 0.4) is 0 Å². The molecule has 0 fully saturated rings. The van der Waals surface area contributed by atoms with E-state index in [9.17, 15) is 31.9 Å². The van der Waals surface area contributed by atoms with E-state index < -0.39 is 52.9 Å². The van der Waals surface area contributed by atoms with Crippen LogP contribution in [0.2, 0.25) is 0 Å². The molecule has 232 valence electrons. The van der Waals surface area contributed by atoms with Crippen LogP contribution in [-0.4, -0.2) is 20.2 Å². The van der Waals surface area contributed by atoms with E-state index >= 15 is 0 Å². The minimum Gasteiger partial charge on any atom is -0.481 e. The van der Waals surface area contributed by atoms with E-state index in [2.05, 4.69) is 0 Å². The lowest BCUT2D eigenvalue weighted by Crippen LogP contribution is -2.44. The number of carboxylic acid groups (broad SMARTS) is 1. The Labute approximate surface area is 251 Å². The number of aryl methyl sites for hydroxylation is 1. The van der Waals surface area contributed by atoms with Crippen molar-refractivity contribution in [2.75, 3.05) is 0 Å². The number of rotatable bonds is 12. The van der Waals surface area contributed by atoms with Gasteiger partial charge in [0.2, 0.25) is 0 Å². The minimum atomic E-state index is -4.87. The number of nitrogens with two attached hydrogens (primary N) is 1. The predicted octanol–water partition coefficient (Wildman–Crippen LogP) is 6.08. The first-order valence-corrected chi connectivity index (χ1v) is 14.2. The van der Waals surface area contributed by atoms with Crippen LogP contribution in [-0.2, 0) is 30.5 Å². The summed E-state index contributed by atoms with van der Waals surface area (Å²) in [4.78, 5) is 38.5. The van der Waals surface area contributed by atoms with Crippen molar-refractivity contribution in [1.29, 1.82) is 0 Å². The Hall–Kier alpha value is -4.51. The normalized spacial score (nSPS) is 12.3. The first-order valence-electron chi connectivity index (χ1n) is 14.2. The third-order valence-corrected chi connectivity index (χ3v) is 7.61. The molecule has 3 aromatic carbocycles. The number of unbranched alkanes of at least 4 members (excludes halogenated alkanes) is 2. The van der Waals surface area contributed by atoms with Crippen molar-refractivity contribution in [3.63, 3.8) is 0 Å². The van der Waals surface area contributed by atoms with E-state index in [0.29, 0.717) is 36.8 Å². The van der Waals surface area contributed by atoms with Crippen LogP contribution in [0.4, 0.5) is 17.6 Å². The molecule has 0 unspecified atom stereocenters. The summed E-state index contributed by atoms with van der Waals surface area (Å²) in [6, 6.07) is 17.6. The van der Waals surface area contributed by atoms with E-state index in [1.54, 1.807) is 48.5 Å². The Morgan fingerprint density at radius 2 is 1.64 bits per heavy atom. The molecular weight excluding hydrogens is 578 g/mol. The van der Waals surface area contributed by atoms with E-state index in [1.807, 2.05) is 6.07 Å². The summed E-state index contributed by atoms with van der Waals surface area (Å²) in [6.07, 6.45) is -2.28. The van der Waals surface area contributed by atoms with Crippen molar-refractivity contribution in [2.24, 2.45) is 5.73 Å². The summed E-state index contributed by atoms with van der Waals surface area (Å²) in [7, 11) is 0. The first-order chi connectivity index (χ1) is 20.9. The molecule has 0 saturated carbocycles. The van der Waals surface area contributed by atoms with Gasteiger partial charge in [0.05, 0.1) is 24.2 Å². The summed E-state index contributed by atoms with van der Waals surface area (Å²) in [5.41, 5.74) is 4.97. The Morgan fingerprint density at radius 1 is 0.932 bits per heavy atom. The van der Waals surface area contributed by atoms with E-state index in [1.165, 1.54) is 6.92 Å². The highest BCUT2D eigenvalue weighted by Crippen LogP contribution is 2.34. The number of carboxylic acids is 1. The lowest BCUT2D eigenvalue weighted by Gasteiger charge is -2.21. The monoisotopic (exact) mass is 611 g/mol. The standard InChI is InChI=1S/C33H33F4N3O4/c1-21-30(24-14-8-11-22(18-24)10-4-2-7-17-29(41)42)31(43)40(20-28(38)23-12-5-3-6-13-23)32(44)39(21)19-25-26(33(35,36)37)15-9-16-27(25)34/h3,5-6,8-9,11-16,18,28H,2,4,7,10,17,19-20,38H2,1H3,(H,41,42)/t28-/m0/s1. The number of halogens is 4. The SMILES string of the molecule is Cc1c(-c2cccc(CCCCCC(=O)O)c2)c(=O)n(C[C@H](N)c2ccccc2)c(=O)n1Cc1c(F)cccc1C(F)(F)F. The van der Waals surface area contributed by atoms with Gasteiger partial charge in [0.15, 0.2) is 0 Å². The Morgan fingerprint density at radius 3 is 2.32 bits per heavy atom. The highest BCUT2D eigenvalue weighted by molar-refractivity contribution is 5.66. The molecule has 4 rings (SSSR count). The molecule has 4 aromatic rings. The number of aromatic nitrogens is 2. The van der Waals surface area contributed by atoms with Crippen molar-refractivity contribution in [2.45, 2.75) is 64.3 Å². The Bertz CT molecular complexity index is 1750. The fraction of sp³-hybridized carbons (Fsp3) is 0.303. The summed E-state index contributed by atoms with van der Waals surface area (Å²) in [6.45, 7) is 0.428. The van der Waals surface area contributed by atoms with Gasteiger partial charge in [-0.2, -0.15) is 13.2 Å². The maximum atomic E-state index is 14.9. The molecule has 1 aromatic heterocycles. The molecule has 0 spiro atoms. The van der Waals surface area contributed by atoms with E-state index in [-0.39, 0.29) is 24.2 Å². The number of aliphatic carboxylic acids is 1. The van der Waals surface area contributed by atoms with Gasteiger partial charge in [-0.3, -0.25) is 18.7 Å². The molecule has 1 heterocycles. The van der Waals surface area contributed by atoms with Crippen molar-refractivity contribution in [1.82, 2.24) is 9.13 Å². The number of alkyl halides is 3. The van der Waals surface area contributed by atoms with Gasteiger partial charge in [-0.15, -0.1) is 0 Å². The third kappa shape index (κ3) is 7.52. The van der Waals surface area contributed by atoms with Crippen LogP contribution < -0.4 is 17.0 Å². The molecule has 0 bridgehead atoms. The Kier molecular flexibility index (Phi) is 10.2. The highest BCUT2D eigenvalue weighted by atomic mass is 19.4. The number of benzene rings is 3. The number of carbonyl (C=O) groups is 1. The fourth-order valence-corrected chi connectivity index (χ4v) is 5.29. The number of hydrogen-bond donors (Lipinski definition) is 2. The van der Waals surface area contributed by atoms with Gasteiger partial charge in [-0.25, -0.2) is 9.18 Å². The second-order valence-electron chi connectivity index (χ2n) is 10.7. The summed E-state index contributed by atoms with van der Waals surface area (Å²) in [5, 5.41) is 8.85. The third-order valence-electron chi connectivity index (χ3n) is 7.61. The van der Waals surface area contributed by atoms with Crippen LogP contribution in [0.15, 0.2) is 82.4 Å². The molecule has 0 amide bonds. The van der Waals surface area contributed by atoms with Gasteiger partial charge in [-0.1, -0.05) is 67.1 Å². The summed E-state index contributed by atoms with van der Waals surface area (Å²) in [5.74, 6) is -1.99. The van der Waals surface area contributed by atoms with Crippen molar-refractivity contribution >= 4 is 5.97 Å². The largest absolute Gasteiger partial charge is 0.481 e. The van der Waals surface area contributed by atoms with Crippen LogP contribution in [0.25, 0.3) is 11.1 Å². The lowest BCUT2D eigenvalue weighted by molar-refractivity contribution is -0.138. The first kappa shape index (κ1) is 32.4. The Balaban J connectivity index is 1.83. The van der Waals surface area contributed by atoms with E-state index in [0.717, 1.165) is 32.9 Å². The average molecular weight is 612 g/mol.